The number of nitrogens with one attached hydrogen (secondary N) is 1. The average Bonchev–Trinajstić information content (AvgIpc) is 3.00. The van der Waals surface area contributed by atoms with Crippen LogP contribution in [0, 0.1) is 0 Å². The first kappa shape index (κ1) is 19.2. The van der Waals surface area contributed by atoms with E-state index < -0.39 is 5.91 Å². The molecule has 1 saturated heterocycles. The Hall–Kier alpha value is -2.57. The van der Waals surface area contributed by atoms with Gasteiger partial charge in [-0.3, -0.25) is 9.59 Å². The molecule has 1 aliphatic heterocycles. The van der Waals surface area contributed by atoms with Crippen molar-refractivity contribution in [3.8, 4) is 5.75 Å². The molecule has 1 unspecified atom stereocenters. The highest BCUT2D eigenvalue weighted by Gasteiger charge is 2.31. The molecular weight excluding hydrogens is 389 g/mol. The largest absolute Gasteiger partial charge is 0.506 e. The van der Waals surface area contributed by atoms with Gasteiger partial charge in [-0.2, -0.15) is 5.10 Å². The van der Waals surface area contributed by atoms with Crippen molar-refractivity contribution in [3.05, 3.63) is 63.6 Å². The van der Waals surface area contributed by atoms with Crippen LogP contribution in [0.4, 0.5) is 0 Å². The molecule has 2 aromatic carbocycles. The van der Waals surface area contributed by atoms with E-state index in [2.05, 4.69) is 10.5 Å². The van der Waals surface area contributed by atoms with Gasteiger partial charge in [0.2, 0.25) is 5.91 Å². The van der Waals surface area contributed by atoms with Crippen LogP contribution in [0.25, 0.3) is 0 Å². The molecule has 0 radical (unpaired) electrons. The highest BCUT2D eigenvalue weighted by Crippen LogP contribution is 2.30. The van der Waals surface area contributed by atoms with Crippen LogP contribution in [-0.2, 0) is 9.59 Å². The molecule has 2 N–H and O–H groups in total. The molecule has 0 spiro atoms. The predicted molar refractivity (Wildman–Crippen MR) is 104 cm³/mol. The molecular formula is C19H17Cl2N3O3. The normalized spacial score (nSPS) is 16.9. The number of halogens is 2. The zero-order valence-electron chi connectivity index (χ0n) is 14.2. The first-order valence-corrected chi connectivity index (χ1v) is 9.02. The van der Waals surface area contributed by atoms with Gasteiger partial charge in [-0.05, 0) is 17.7 Å². The molecule has 2 aromatic rings. The zero-order valence-corrected chi connectivity index (χ0v) is 15.7. The minimum atomic E-state index is -0.430. The number of amides is 2. The second kappa shape index (κ2) is 8.41. The van der Waals surface area contributed by atoms with E-state index in [1.54, 1.807) is 0 Å². The van der Waals surface area contributed by atoms with Gasteiger partial charge in [0.05, 0.1) is 11.2 Å². The highest BCUT2D eigenvalue weighted by atomic mass is 35.5. The van der Waals surface area contributed by atoms with E-state index in [1.807, 2.05) is 30.3 Å². The van der Waals surface area contributed by atoms with Gasteiger partial charge < -0.3 is 10.0 Å². The zero-order chi connectivity index (χ0) is 19.4. The van der Waals surface area contributed by atoms with E-state index in [0.29, 0.717) is 18.0 Å². The Labute approximate surface area is 166 Å². The predicted octanol–water partition coefficient (Wildman–Crippen LogP) is 3.17. The number of phenolic OH excluding ortho intramolecular Hbond substituents is 1. The lowest BCUT2D eigenvalue weighted by molar-refractivity contribution is -0.133. The monoisotopic (exact) mass is 405 g/mol. The third-order valence-electron chi connectivity index (χ3n) is 4.27. The van der Waals surface area contributed by atoms with Crippen molar-refractivity contribution in [3.63, 3.8) is 0 Å². The van der Waals surface area contributed by atoms with Crippen molar-refractivity contribution in [2.75, 3.05) is 13.1 Å². The van der Waals surface area contributed by atoms with Crippen LogP contribution in [-0.4, -0.2) is 41.1 Å². The van der Waals surface area contributed by atoms with Crippen LogP contribution >= 0.6 is 23.2 Å². The summed E-state index contributed by atoms with van der Waals surface area (Å²) in [4.78, 5) is 25.7. The van der Waals surface area contributed by atoms with Gasteiger partial charge in [0.15, 0.2) is 0 Å². The fourth-order valence-electron chi connectivity index (χ4n) is 2.94. The van der Waals surface area contributed by atoms with Crippen LogP contribution in [0.3, 0.4) is 0 Å². The summed E-state index contributed by atoms with van der Waals surface area (Å²) in [5, 5.41) is 14.1. The van der Waals surface area contributed by atoms with Crippen molar-refractivity contribution in [2.45, 2.75) is 12.3 Å². The Kier molecular flexibility index (Phi) is 5.98. The molecule has 1 fully saturated rings. The van der Waals surface area contributed by atoms with Crippen molar-refractivity contribution in [1.29, 1.82) is 0 Å². The molecule has 1 heterocycles. The smallest absolute Gasteiger partial charge is 0.259 e. The number of rotatable bonds is 5. The number of carbonyl (C=O) groups is 2. The Balaban J connectivity index is 1.56. The highest BCUT2D eigenvalue weighted by molar-refractivity contribution is 6.36. The maximum atomic E-state index is 12.2. The van der Waals surface area contributed by atoms with Crippen molar-refractivity contribution in [1.82, 2.24) is 10.3 Å². The molecule has 0 aliphatic carbocycles. The van der Waals surface area contributed by atoms with Gasteiger partial charge in [-0.1, -0.05) is 53.5 Å². The SMILES string of the molecule is O=C(CN1CC(c2ccccc2)CC1=O)N/N=C/c1cc(Cl)cc(Cl)c1O. The summed E-state index contributed by atoms with van der Waals surface area (Å²) in [7, 11) is 0. The molecule has 27 heavy (non-hydrogen) atoms. The fraction of sp³-hybridized carbons (Fsp3) is 0.211. The summed E-state index contributed by atoms with van der Waals surface area (Å²) in [6.07, 6.45) is 1.62. The number of benzene rings is 2. The van der Waals surface area contributed by atoms with E-state index in [9.17, 15) is 14.7 Å². The topological polar surface area (TPSA) is 82.0 Å². The van der Waals surface area contributed by atoms with E-state index in [4.69, 9.17) is 23.2 Å². The Bertz CT molecular complexity index is 887. The van der Waals surface area contributed by atoms with Crippen molar-refractivity contribution < 1.29 is 14.7 Å². The number of likely N-dealkylation sites (tertiary alicyclic amines) is 1. The molecule has 1 atom stereocenters. The van der Waals surface area contributed by atoms with E-state index in [0.717, 1.165) is 5.56 Å². The molecule has 0 saturated carbocycles. The van der Waals surface area contributed by atoms with Crippen LogP contribution in [0.1, 0.15) is 23.5 Å². The van der Waals surface area contributed by atoms with Gasteiger partial charge in [0.1, 0.15) is 12.3 Å². The lowest BCUT2D eigenvalue weighted by atomic mass is 9.99. The Morgan fingerprint density at radius 1 is 1.30 bits per heavy atom. The third-order valence-corrected chi connectivity index (χ3v) is 4.78. The molecule has 3 rings (SSSR count). The number of aromatic hydroxyl groups is 1. The Morgan fingerprint density at radius 3 is 2.78 bits per heavy atom. The number of hydrazone groups is 1. The molecule has 140 valence electrons. The number of hydrogen-bond donors (Lipinski definition) is 2. The van der Waals surface area contributed by atoms with Gasteiger partial charge in [0, 0.05) is 29.5 Å². The van der Waals surface area contributed by atoms with E-state index >= 15 is 0 Å². The summed E-state index contributed by atoms with van der Waals surface area (Å²) >= 11 is 11.7. The lowest BCUT2D eigenvalue weighted by Crippen LogP contribution is -2.36. The van der Waals surface area contributed by atoms with Crippen molar-refractivity contribution >= 4 is 41.2 Å². The maximum absolute atomic E-state index is 12.2. The van der Waals surface area contributed by atoms with Gasteiger partial charge in [-0.25, -0.2) is 5.43 Å². The molecule has 0 bridgehead atoms. The second-order valence-electron chi connectivity index (χ2n) is 6.20. The molecule has 2 amide bonds. The fourth-order valence-corrected chi connectivity index (χ4v) is 3.45. The average molecular weight is 406 g/mol. The lowest BCUT2D eigenvalue weighted by Gasteiger charge is -2.15. The molecule has 0 aromatic heterocycles. The minimum Gasteiger partial charge on any atom is -0.506 e. The van der Waals surface area contributed by atoms with Crippen LogP contribution in [0.5, 0.6) is 5.75 Å². The van der Waals surface area contributed by atoms with Crippen LogP contribution in [0.15, 0.2) is 47.6 Å². The second-order valence-corrected chi connectivity index (χ2v) is 7.05. The first-order valence-electron chi connectivity index (χ1n) is 8.26. The van der Waals surface area contributed by atoms with Gasteiger partial charge >= 0.3 is 0 Å². The summed E-state index contributed by atoms with van der Waals surface area (Å²) in [5.74, 6) is -0.594. The standard InChI is InChI=1S/C19H17Cl2N3O3/c20-15-6-13(19(27)16(21)8-15)9-22-23-17(25)11-24-10-14(7-18(24)26)12-4-2-1-3-5-12/h1-6,8-9,14,27H,7,10-11H2,(H,23,25)/b22-9+. The third kappa shape index (κ3) is 4.78. The first-order chi connectivity index (χ1) is 12.9. The van der Waals surface area contributed by atoms with Gasteiger partial charge in [0.25, 0.3) is 5.91 Å². The quantitative estimate of drug-likeness (QED) is 0.591. The van der Waals surface area contributed by atoms with E-state index in [-0.39, 0.29) is 34.7 Å². The Morgan fingerprint density at radius 2 is 2.04 bits per heavy atom. The van der Waals surface area contributed by atoms with Gasteiger partial charge in [-0.15, -0.1) is 0 Å². The summed E-state index contributed by atoms with van der Waals surface area (Å²) in [6, 6.07) is 12.6. The molecule has 8 heteroatoms. The number of nitrogens with zero attached hydrogens (tertiary/aromatic N) is 2. The van der Waals surface area contributed by atoms with Crippen LogP contribution < -0.4 is 5.43 Å². The molecule has 1 aliphatic rings. The number of phenols is 1. The maximum Gasteiger partial charge on any atom is 0.259 e. The number of carbonyl (C=O) groups excluding carboxylic acids is 2. The summed E-state index contributed by atoms with van der Waals surface area (Å²) < 4.78 is 0. The minimum absolute atomic E-state index is 0.0674. The van der Waals surface area contributed by atoms with E-state index in [1.165, 1.54) is 23.2 Å². The van der Waals surface area contributed by atoms with Crippen LogP contribution in [0.2, 0.25) is 10.0 Å². The summed E-state index contributed by atoms with van der Waals surface area (Å²) in [5.41, 5.74) is 3.69. The van der Waals surface area contributed by atoms with Crippen molar-refractivity contribution in [2.24, 2.45) is 5.10 Å². The molecule has 6 nitrogen and oxygen atoms in total. The number of hydrogen-bond acceptors (Lipinski definition) is 4. The summed E-state index contributed by atoms with van der Waals surface area (Å²) in [6.45, 7) is 0.409.